The van der Waals surface area contributed by atoms with E-state index in [0.717, 1.165) is 31.9 Å². The van der Waals surface area contributed by atoms with E-state index in [1.54, 1.807) is 6.07 Å². The topological polar surface area (TPSA) is 48.2 Å². The molecule has 1 aromatic carbocycles. The van der Waals surface area contributed by atoms with Crippen LogP contribution in [-0.4, -0.2) is 60.7 Å². The number of phenolic OH excluding ortho intramolecular Hbond substituents is 1. The third kappa shape index (κ3) is 4.38. The molecule has 0 saturated carbocycles. The fourth-order valence-corrected chi connectivity index (χ4v) is 3.45. The summed E-state index contributed by atoms with van der Waals surface area (Å²) in [6, 6.07) is 7.94. The molecular formula is C18H30N3O2+. The normalized spacial score (nSPS) is 16.2. The Morgan fingerprint density at radius 3 is 2.26 bits per heavy atom. The van der Waals surface area contributed by atoms with Gasteiger partial charge in [0.1, 0.15) is 5.75 Å². The Hall–Kier alpha value is -1.75. The number of piperazine rings is 1. The number of quaternary nitrogens is 1. The molecule has 1 aliphatic heterocycles. The Bertz CT molecular complexity index is 515. The molecule has 0 atom stereocenters. The first kappa shape index (κ1) is 17.6. The molecule has 1 amide bonds. The van der Waals surface area contributed by atoms with Gasteiger partial charge in [0.05, 0.1) is 31.9 Å². The van der Waals surface area contributed by atoms with Gasteiger partial charge in [0.2, 0.25) is 0 Å². The number of carbonyl (C=O) groups is 1. The fourth-order valence-electron chi connectivity index (χ4n) is 3.45. The van der Waals surface area contributed by atoms with E-state index in [9.17, 15) is 9.90 Å². The number of phenols is 1. The highest BCUT2D eigenvalue weighted by molar-refractivity contribution is 5.77. The molecule has 128 valence electrons. The highest BCUT2D eigenvalue weighted by Crippen LogP contribution is 2.25. The molecule has 23 heavy (non-hydrogen) atoms. The predicted octanol–water partition coefficient (Wildman–Crippen LogP) is 0.743. The molecule has 5 nitrogen and oxygen atoms in total. The Labute approximate surface area is 139 Å². The van der Waals surface area contributed by atoms with Crippen LogP contribution in [0.1, 0.15) is 27.7 Å². The Morgan fingerprint density at radius 2 is 1.74 bits per heavy atom. The van der Waals surface area contributed by atoms with Crippen LogP contribution in [0, 0.1) is 0 Å². The van der Waals surface area contributed by atoms with Crippen molar-refractivity contribution in [2.45, 2.75) is 39.8 Å². The van der Waals surface area contributed by atoms with E-state index in [2.05, 4.69) is 32.6 Å². The summed E-state index contributed by atoms with van der Waals surface area (Å²) in [4.78, 5) is 18.1. The van der Waals surface area contributed by atoms with Gasteiger partial charge in [-0.05, 0) is 39.8 Å². The number of benzene rings is 1. The van der Waals surface area contributed by atoms with Crippen molar-refractivity contribution in [3.63, 3.8) is 0 Å². The van der Waals surface area contributed by atoms with Crippen LogP contribution in [0.2, 0.25) is 0 Å². The summed E-state index contributed by atoms with van der Waals surface area (Å²) < 4.78 is 0. The zero-order chi connectivity index (χ0) is 17.0. The van der Waals surface area contributed by atoms with E-state index < -0.39 is 0 Å². The molecule has 0 spiro atoms. The number of aromatic hydroxyl groups is 1. The minimum absolute atomic E-state index is 0.237. The number of nitrogens with zero attached hydrogens (tertiary/aromatic N) is 2. The Kier molecular flexibility index (Phi) is 5.88. The average Bonchev–Trinajstić information content (AvgIpc) is 2.48. The van der Waals surface area contributed by atoms with Crippen molar-refractivity contribution >= 4 is 11.6 Å². The van der Waals surface area contributed by atoms with E-state index in [4.69, 9.17) is 0 Å². The zero-order valence-electron chi connectivity index (χ0n) is 14.7. The molecule has 1 aliphatic rings. The highest BCUT2D eigenvalue weighted by atomic mass is 16.3. The predicted molar refractivity (Wildman–Crippen MR) is 93.0 cm³/mol. The highest BCUT2D eigenvalue weighted by Gasteiger charge is 2.27. The van der Waals surface area contributed by atoms with Crippen LogP contribution in [-0.2, 0) is 4.79 Å². The molecule has 5 heteroatoms. The summed E-state index contributed by atoms with van der Waals surface area (Å²) in [5.41, 5.74) is 0.892. The van der Waals surface area contributed by atoms with Crippen molar-refractivity contribution < 1.29 is 14.8 Å². The van der Waals surface area contributed by atoms with E-state index >= 15 is 0 Å². The lowest BCUT2D eigenvalue weighted by atomic mass is 10.2. The van der Waals surface area contributed by atoms with Crippen molar-refractivity contribution in [1.82, 2.24) is 4.90 Å². The molecule has 1 aromatic rings. The van der Waals surface area contributed by atoms with Gasteiger partial charge < -0.3 is 19.8 Å². The maximum Gasteiger partial charge on any atom is 0.278 e. The molecule has 0 aliphatic carbocycles. The minimum Gasteiger partial charge on any atom is -0.506 e. The summed E-state index contributed by atoms with van der Waals surface area (Å²) >= 11 is 0. The number of rotatable bonds is 5. The second-order valence-electron chi connectivity index (χ2n) is 6.89. The van der Waals surface area contributed by atoms with E-state index in [0.29, 0.717) is 12.3 Å². The third-order valence-electron chi connectivity index (χ3n) is 4.49. The maximum absolute atomic E-state index is 12.6. The quantitative estimate of drug-likeness (QED) is 0.841. The fraction of sp³-hybridized carbons (Fsp3) is 0.611. The molecule has 0 unspecified atom stereocenters. The lowest BCUT2D eigenvalue weighted by Gasteiger charge is -2.36. The molecule has 0 radical (unpaired) electrons. The molecule has 1 heterocycles. The first-order valence-corrected chi connectivity index (χ1v) is 8.57. The lowest BCUT2D eigenvalue weighted by Crippen LogP contribution is -3.16. The van der Waals surface area contributed by atoms with Gasteiger partial charge in [-0.15, -0.1) is 0 Å². The van der Waals surface area contributed by atoms with Gasteiger partial charge in [0.25, 0.3) is 5.91 Å². The van der Waals surface area contributed by atoms with Gasteiger partial charge in [-0.2, -0.15) is 0 Å². The van der Waals surface area contributed by atoms with Crippen molar-refractivity contribution in [1.29, 1.82) is 0 Å². The SMILES string of the molecule is CC(C)N(C(=O)C[NH+]1CCN(c2ccccc2O)CC1)C(C)C. The summed E-state index contributed by atoms with van der Waals surface area (Å²) in [5, 5.41) is 9.96. The van der Waals surface area contributed by atoms with E-state index in [1.165, 1.54) is 4.90 Å². The standard InChI is InChI=1S/C18H29N3O2/c1-14(2)21(15(3)4)18(23)13-19-9-11-20(12-10-19)16-7-5-6-8-17(16)22/h5-8,14-15,22H,9-13H2,1-4H3/p+1. The van der Waals surface area contributed by atoms with Crippen molar-refractivity contribution in [2.24, 2.45) is 0 Å². The van der Waals surface area contributed by atoms with Crippen LogP contribution in [0.4, 0.5) is 5.69 Å². The van der Waals surface area contributed by atoms with Crippen LogP contribution >= 0.6 is 0 Å². The van der Waals surface area contributed by atoms with Gasteiger partial charge in [0, 0.05) is 12.1 Å². The summed E-state index contributed by atoms with van der Waals surface area (Å²) in [7, 11) is 0. The first-order valence-electron chi connectivity index (χ1n) is 8.57. The molecule has 2 N–H and O–H groups in total. The number of anilines is 1. The minimum atomic E-state index is 0.237. The lowest BCUT2D eigenvalue weighted by molar-refractivity contribution is -0.892. The Balaban J connectivity index is 1.90. The van der Waals surface area contributed by atoms with Gasteiger partial charge in [-0.25, -0.2) is 0 Å². The van der Waals surface area contributed by atoms with E-state index in [-0.39, 0.29) is 18.0 Å². The molecule has 0 bridgehead atoms. The number of para-hydroxylation sites is 2. The van der Waals surface area contributed by atoms with Crippen LogP contribution in [0.5, 0.6) is 5.75 Å². The largest absolute Gasteiger partial charge is 0.506 e. The van der Waals surface area contributed by atoms with Gasteiger partial charge >= 0.3 is 0 Å². The Morgan fingerprint density at radius 1 is 1.17 bits per heavy atom. The third-order valence-corrected chi connectivity index (χ3v) is 4.49. The van der Waals surface area contributed by atoms with Crippen molar-refractivity contribution in [3.8, 4) is 5.75 Å². The van der Waals surface area contributed by atoms with Crippen LogP contribution in [0.25, 0.3) is 0 Å². The van der Waals surface area contributed by atoms with Gasteiger partial charge in [-0.1, -0.05) is 12.1 Å². The molecule has 1 fully saturated rings. The smallest absolute Gasteiger partial charge is 0.278 e. The van der Waals surface area contributed by atoms with Gasteiger partial charge in [-0.3, -0.25) is 4.79 Å². The molecule has 0 aromatic heterocycles. The summed E-state index contributed by atoms with van der Waals surface area (Å²) in [5.74, 6) is 0.568. The zero-order valence-corrected chi connectivity index (χ0v) is 14.7. The van der Waals surface area contributed by atoms with Crippen LogP contribution in [0.3, 0.4) is 0 Å². The number of nitrogens with one attached hydrogen (secondary N) is 1. The summed E-state index contributed by atoms with van der Waals surface area (Å²) in [6.45, 7) is 12.4. The van der Waals surface area contributed by atoms with Crippen molar-refractivity contribution in [2.75, 3.05) is 37.6 Å². The van der Waals surface area contributed by atoms with Crippen LogP contribution < -0.4 is 9.80 Å². The van der Waals surface area contributed by atoms with Crippen molar-refractivity contribution in [3.05, 3.63) is 24.3 Å². The monoisotopic (exact) mass is 320 g/mol. The number of hydrogen-bond donors (Lipinski definition) is 2. The average molecular weight is 320 g/mol. The second-order valence-corrected chi connectivity index (χ2v) is 6.89. The van der Waals surface area contributed by atoms with Crippen LogP contribution in [0.15, 0.2) is 24.3 Å². The number of carbonyl (C=O) groups excluding carboxylic acids is 1. The molecular weight excluding hydrogens is 290 g/mol. The summed E-state index contributed by atoms with van der Waals surface area (Å²) in [6.07, 6.45) is 0. The second kappa shape index (κ2) is 7.68. The first-order chi connectivity index (χ1) is 10.9. The van der Waals surface area contributed by atoms with Gasteiger partial charge in [0.15, 0.2) is 6.54 Å². The van der Waals surface area contributed by atoms with E-state index in [1.807, 2.05) is 23.1 Å². The number of hydrogen-bond acceptors (Lipinski definition) is 3. The number of amides is 1. The maximum atomic E-state index is 12.6. The molecule has 1 saturated heterocycles. The molecule has 2 rings (SSSR count).